The Bertz CT molecular complexity index is 1710. The molecule has 228 valence electrons. The molecule has 0 bridgehead atoms. The summed E-state index contributed by atoms with van der Waals surface area (Å²) in [5.74, 6) is 5.31. The van der Waals surface area contributed by atoms with Gasteiger partial charge in [-0.1, -0.05) is 72.8 Å². The Balaban J connectivity index is 0.000000147. The maximum absolute atomic E-state index is 5.83. The topological polar surface area (TPSA) is 43.4 Å². The summed E-state index contributed by atoms with van der Waals surface area (Å²) in [4.78, 5) is 4.41. The molecule has 0 aromatic heterocycles. The van der Waals surface area contributed by atoms with E-state index in [0.717, 1.165) is 59.0 Å². The molecule has 6 aromatic rings. The van der Waals surface area contributed by atoms with Crippen LogP contribution in [0.15, 0.2) is 158 Å². The number of fused-ring (bicyclic) bond motifs is 2. The molecule has 0 amide bonds. The maximum atomic E-state index is 5.83. The number of anilines is 2. The molecule has 0 saturated carbocycles. The third-order valence-electron chi connectivity index (χ3n) is 7.78. The molecule has 0 radical (unpaired) electrons. The number of hydrogen-bond acceptors (Lipinski definition) is 6. The molecule has 46 heavy (non-hydrogen) atoms. The maximum Gasteiger partial charge on any atom is 0.161 e. The molecule has 2 aliphatic rings. The SMILES string of the molecule is c1ccc(Oc2ccc(N3COc4ccccc4C3)cc2)cc1.c1ccc(Oc2ccc(N3COc4ccccc4C3)cc2)cc1. The molecule has 0 spiro atoms. The molecule has 0 N–H and O–H groups in total. The number of rotatable bonds is 6. The van der Waals surface area contributed by atoms with Crippen molar-refractivity contribution in [3.63, 3.8) is 0 Å². The van der Waals surface area contributed by atoms with E-state index in [0.29, 0.717) is 13.5 Å². The fraction of sp³-hybridized carbons (Fsp3) is 0.100. The standard InChI is InChI=1S/2C20H17NO2/c2*1-2-7-18(8-3-1)23-19-12-10-17(11-13-19)21-14-16-6-4-5-9-20(16)22-15-21/h2*1-13H,14-15H2. The third-order valence-corrected chi connectivity index (χ3v) is 7.78. The van der Waals surface area contributed by atoms with Crippen LogP contribution in [0.2, 0.25) is 0 Å². The highest BCUT2D eigenvalue weighted by Gasteiger charge is 2.18. The lowest BCUT2D eigenvalue weighted by atomic mass is 10.1. The van der Waals surface area contributed by atoms with Crippen molar-refractivity contribution in [1.82, 2.24) is 0 Å². The summed E-state index contributed by atoms with van der Waals surface area (Å²) in [6, 6.07) is 52.2. The molecule has 0 fully saturated rings. The number of para-hydroxylation sites is 4. The Morgan fingerprint density at radius 1 is 0.370 bits per heavy atom. The van der Waals surface area contributed by atoms with Gasteiger partial charge in [-0.2, -0.15) is 0 Å². The molecular weight excluding hydrogens is 572 g/mol. The van der Waals surface area contributed by atoms with Crippen molar-refractivity contribution in [2.24, 2.45) is 0 Å². The van der Waals surface area contributed by atoms with Gasteiger partial charge in [0.05, 0.1) is 0 Å². The van der Waals surface area contributed by atoms with E-state index in [2.05, 4.69) is 46.2 Å². The molecule has 0 aliphatic carbocycles. The molecule has 2 heterocycles. The van der Waals surface area contributed by atoms with Crippen LogP contribution in [-0.4, -0.2) is 13.5 Å². The summed E-state index contributed by atoms with van der Waals surface area (Å²) in [5, 5.41) is 0. The van der Waals surface area contributed by atoms with Crippen molar-refractivity contribution < 1.29 is 18.9 Å². The van der Waals surface area contributed by atoms with E-state index in [9.17, 15) is 0 Å². The van der Waals surface area contributed by atoms with Crippen molar-refractivity contribution in [3.05, 3.63) is 169 Å². The molecule has 0 atom stereocenters. The predicted molar refractivity (Wildman–Crippen MR) is 182 cm³/mol. The summed E-state index contributed by atoms with van der Waals surface area (Å²) in [6.07, 6.45) is 0. The summed E-state index contributed by atoms with van der Waals surface area (Å²) < 4.78 is 23.3. The zero-order chi connectivity index (χ0) is 31.0. The van der Waals surface area contributed by atoms with E-state index in [-0.39, 0.29) is 0 Å². The van der Waals surface area contributed by atoms with Crippen LogP contribution >= 0.6 is 0 Å². The predicted octanol–water partition coefficient (Wildman–Crippen LogP) is 9.67. The first-order chi connectivity index (χ1) is 22.8. The molecule has 2 aliphatic heterocycles. The van der Waals surface area contributed by atoms with Crippen LogP contribution < -0.4 is 28.7 Å². The van der Waals surface area contributed by atoms with Crippen LogP contribution in [0.4, 0.5) is 11.4 Å². The highest BCUT2D eigenvalue weighted by atomic mass is 16.5. The van der Waals surface area contributed by atoms with E-state index in [4.69, 9.17) is 18.9 Å². The summed E-state index contributed by atoms with van der Waals surface area (Å²) in [7, 11) is 0. The van der Waals surface area contributed by atoms with Gasteiger partial charge >= 0.3 is 0 Å². The second kappa shape index (κ2) is 13.8. The van der Waals surface area contributed by atoms with Gasteiger partial charge in [0.1, 0.15) is 34.5 Å². The van der Waals surface area contributed by atoms with Gasteiger partial charge < -0.3 is 28.7 Å². The normalized spacial score (nSPS) is 13.1. The number of ether oxygens (including phenoxy) is 4. The lowest BCUT2D eigenvalue weighted by Gasteiger charge is -2.30. The van der Waals surface area contributed by atoms with E-state index in [1.807, 2.05) is 121 Å². The van der Waals surface area contributed by atoms with Crippen LogP contribution in [0.1, 0.15) is 11.1 Å². The molecule has 8 rings (SSSR count). The number of benzene rings is 6. The molecule has 0 saturated heterocycles. The van der Waals surface area contributed by atoms with Crippen molar-refractivity contribution in [2.75, 3.05) is 23.3 Å². The highest BCUT2D eigenvalue weighted by molar-refractivity contribution is 5.53. The molecule has 0 unspecified atom stereocenters. The van der Waals surface area contributed by atoms with Crippen molar-refractivity contribution in [1.29, 1.82) is 0 Å². The first-order valence-electron chi connectivity index (χ1n) is 15.3. The largest absolute Gasteiger partial charge is 0.473 e. The number of hydrogen-bond donors (Lipinski definition) is 0. The minimum Gasteiger partial charge on any atom is -0.473 e. The van der Waals surface area contributed by atoms with Gasteiger partial charge in [0.25, 0.3) is 0 Å². The first-order valence-corrected chi connectivity index (χ1v) is 15.3. The Kier molecular flexibility index (Phi) is 8.68. The molecule has 6 heteroatoms. The summed E-state index contributed by atoms with van der Waals surface area (Å²) >= 11 is 0. The van der Waals surface area contributed by atoms with Gasteiger partial charge in [0.2, 0.25) is 0 Å². The van der Waals surface area contributed by atoms with Crippen LogP contribution in [-0.2, 0) is 13.1 Å². The molecule has 6 aromatic carbocycles. The Labute approximate surface area is 269 Å². The second-order valence-electron chi connectivity index (χ2n) is 11.0. The Hall–Kier alpha value is -5.88. The zero-order valence-corrected chi connectivity index (χ0v) is 25.4. The lowest BCUT2D eigenvalue weighted by molar-refractivity contribution is 0.289. The monoisotopic (exact) mass is 606 g/mol. The van der Waals surface area contributed by atoms with Crippen molar-refractivity contribution in [3.8, 4) is 34.5 Å². The highest BCUT2D eigenvalue weighted by Crippen LogP contribution is 2.31. The average Bonchev–Trinajstić information content (AvgIpc) is 3.13. The Morgan fingerprint density at radius 2 is 0.717 bits per heavy atom. The van der Waals surface area contributed by atoms with Gasteiger partial charge in [-0.05, 0) is 84.9 Å². The van der Waals surface area contributed by atoms with Crippen LogP contribution in [0.25, 0.3) is 0 Å². The average molecular weight is 607 g/mol. The third kappa shape index (κ3) is 7.08. The Morgan fingerprint density at radius 3 is 1.13 bits per heavy atom. The fourth-order valence-corrected chi connectivity index (χ4v) is 5.38. The van der Waals surface area contributed by atoms with Gasteiger partial charge in [-0.25, -0.2) is 0 Å². The van der Waals surface area contributed by atoms with E-state index in [1.165, 1.54) is 11.1 Å². The van der Waals surface area contributed by atoms with Crippen molar-refractivity contribution >= 4 is 11.4 Å². The molecule has 6 nitrogen and oxygen atoms in total. The number of nitrogens with zero attached hydrogens (tertiary/aromatic N) is 2. The van der Waals surface area contributed by atoms with E-state index < -0.39 is 0 Å². The smallest absolute Gasteiger partial charge is 0.161 e. The summed E-state index contributed by atoms with van der Waals surface area (Å²) in [5.41, 5.74) is 4.67. The zero-order valence-electron chi connectivity index (χ0n) is 25.4. The minimum atomic E-state index is 0.565. The van der Waals surface area contributed by atoms with E-state index >= 15 is 0 Å². The minimum absolute atomic E-state index is 0.565. The van der Waals surface area contributed by atoms with E-state index in [1.54, 1.807) is 0 Å². The van der Waals surface area contributed by atoms with Crippen LogP contribution in [0.5, 0.6) is 34.5 Å². The fourth-order valence-electron chi connectivity index (χ4n) is 5.38. The van der Waals surface area contributed by atoms with Gasteiger partial charge in [0, 0.05) is 35.6 Å². The van der Waals surface area contributed by atoms with Crippen LogP contribution in [0.3, 0.4) is 0 Å². The van der Waals surface area contributed by atoms with Gasteiger partial charge in [0.15, 0.2) is 13.5 Å². The van der Waals surface area contributed by atoms with Crippen LogP contribution in [0, 0.1) is 0 Å². The summed E-state index contributed by atoms with van der Waals surface area (Å²) in [6.45, 7) is 2.84. The van der Waals surface area contributed by atoms with Crippen molar-refractivity contribution in [2.45, 2.75) is 13.1 Å². The quantitative estimate of drug-likeness (QED) is 0.188. The second-order valence-corrected chi connectivity index (χ2v) is 11.0. The van der Waals surface area contributed by atoms with Gasteiger partial charge in [-0.3, -0.25) is 0 Å². The van der Waals surface area contributed by atoms with Gasteiger partial charge in [-0.15, -0.1) is 0 Å². The first kappa shape index (κ1) is 28.9. The lowest BCUT2D eigenvalue weighted by Crippen LogP contribution is -2.31. The molecular formula is C40H34N2O4.